The van der Waals surface area contributed by atoms with Crippen LogP contribution < -0.4 is 5.73 Å². The van der Waals surface area contributed by atoms with Crippen molar-refractivity contribution < 1.29 is 18.9 Å². The van der Waals surface area contributed by atoms with Crippen molar-refractivity contribution in [1.82, 2.24) is 0 Å². The molecule has 1 nitrogen and oxygen atoms in total. The maximum atomic E-state index is 13.1. The zero-order valence-corrected chi connectivity index (χ0v) is 8.74. The van der Waals surface area contributed by atoms with Crippen LogP contribution in [0.15, 0.2) is 0 Å². The Balaban J connectivity index is 2.00. The van der Waals surface area contributed by atoms with Crippen molar-refractivity contribution in [1.29, 1.82) is 0 Å². The van der Waals surface area contributed by atoms with Gasteiger partial charge in [-0.1, -0.05) is 0 Å². The number of quaternary nitrogens is 1. The van der Waals surface area contributed by atoms with Crippen LogP contribution in [0.4, 0.5) is 13.2 Å². The van der Waals surface area contributed by atoms with Gasteiger partial charge in [-0.25, -0.2) is 0 Å². The average Bonchev–Trinajstić information content (AvgIpc) is 1.95. The first kappa shape index (κ1) is 9.94. The molecule has 2 atom stereocenters. The van der Waals surface area contributed by atoms with Gasteiger partial charge in [0.25, 0.3) is 0 Å². The molecule has 4 aliphatic carbocycles. The van der Waals surface area contributed by atoms with E-state index in [-0.39, 0.29) is 12.0 Å². The molecule has 15 heavy (non-hydrogen) atoms. The van der Waals surface area contributed by atoms with Crippen LogP contribution in [0.3, 0.4) is 0 Å². The highest BCUT2D eigenvalue weighted by Crippen LogP contribution is 2.65. The second kappa shape index (κ2) is 2.53. The van der Waals surface area contributed by atoms with Crippen LogP contribution >= 0.6 is 0 Å². The molecule has 0 amide bonds. The molecule has 4 fully saturated rings. The normalized spacial score (nSPS) is 53.6. The summed E-state index contributed by atoms with van der Waals surface area (Å²) in [5, 5.41) is 0. The van der Waals surface area contributed by atoms with Gasteiger partial charge >= 0.3 is 6.18 Å². The van der Waals surface area contributed by atoms with E-state index in [1.54, 1.807) is 0 Å². The Labute approximate surface area is 87.2 Å². The highest BCUT2D eigenvalue weighted by atomic mass is 19.4. The lowest BCUT2D eigenvalue weighted by atomic mass is 9.47. The van der Waals surface area contributed by atoms with E-state index in [0.717, 1.165) is 19.3 Å². The molecule has 86 valence electrons. The van der Waals surface area contributed by atoms with Gasteiger partial charge in [0.2, 0.25) is 0 Å². The van der Waals surface area contributed by atoms with E-state index in [0.29, 0.717) is 24.7 Å². The van der Waals surface area contributed by atoms with Crippen molar-refractivity contribution in [3.8, 4) is 0 Å². The first-order chi connectivity index (χ1) is 6.82. The number of alkyl halides is 3. The smallest absolute Gasteiger partial charge is 0.353 e. The Hall–Kier alpha value is -0.250. The van der Waals surface area contributed by atoms with E-state index >= 15 is 0 Å². The molecule has 4 heteroatoms. The van der Waals surface area contributed by atoms with Crippen LogP contribution in [0.25, 0.3) is 0 Å². The second-order valence-corrected chi connectivity index (χ2v) is 6.24. The maximum Gasteiger partial charge on any atom is 0.394 e. The van der Waals surface area contributed by atoms with Crippen molar-refractivity contribution in [3.05, 3.63) is 0 Å². The summed E-state index contributed by atoms with van der Waals surface area (Å²) in [6.07, 6.45) is -0.0729. The highest BCUT2D eigenvalue weighted by Gasteiger charge is 2.67. The van der Waals surface area contributed by atoms with Crippen LogP contribution in [0.1, 0.15) is 38.5 Å². The molecule has 0 radical (unpaired) electrons. The minimum absolute atomic E-state index is 0.250. The monoisotopic (exact) mass is 220 g/mol. The summed E-state index contributed by atoms with van der Waals surface area (Å²) in [7, 11) is 0. The largest absolute Gasteiger partial charge is 0.394 e. The van der Waals surface area contributed by atoms with E-state index in [2.05, 4.69) is 5.73 Å². The number of hydrogen-bond acceptors (Lipinski definition) is 0. The molecular formula is C11H17F3N+. The zero-order valence-electron chi connectivity index (χ0n) is 8.74. The maximum absolute atomic E-state index is 13.1. The van der Waals surface area contributed by atoms with E-state index in [4.69, 9.17) is 0 Å². The van der Waals surface area contributed by atoms with Crippen molar-refractivity contribution >= 4 is 0 Å². The minimum Gasteiger partial charge on any atom is -0.353 e. The van der Waals surface area contributed by atoms with Crippen LogP contribution in [-0.2, 0) is 0 Å². The van der Waals surface area contributed by atoms with Crippen LogP contribution in [0, 0.1) is 17.3 Å². The van der Waals surface area contributed by atoms with Gasteiger partial charge in [0.15, 0.2) is 0 Å². The second-order valence-electron chi connectivity index (χ2n) is 6.24. The predicted octanol–water partition coefficient (Wildman–Crippen LogP) is 2.13. The van der Waals surface area contributed by atoms with Gasteiger partial charge in [-0.2, -0.15) is 13.2 Å². The first-order valence-corrected chi connectivity index (χ1v) is 5.74. The molecule has 0 aromatic carbocycles. The van der Waals surface area contributed by atoms with Gasteiger partial charge in [-0.05, 0) is 31.1 Å². The van der Waals surface area contributed by atoms with Gasteiger partial charge < -0.3 is 5.73 Å². The minimum atomic E-state index is -4.01. The lowest BCUT2D eigenvalue weighted by molar-refractivity contribution is -0.518. The lowest BCUT2D eigenvalue weighted by Crippen LogP contribution is -2.80. The predicted molar refractivity (Wildman–Crippen MR) is 48.8 cm³/mol. The Morgan fingerprint density at radius 1 is 1.00 bits per heavy atom. The molecule has 0 saturated heterocycles. The Bertz CT molecular complexity index is 283. The summed E-state index contributed by atoms with van der Waals surface area (Å²) in [5.74, 6) is 0.593. The fourth-order valence-electron chi connectivity index (χ4n) is 4.78. The molecule has 4 saturated carbocycles. The van der Waals surface area contributed by atoms with Crippen molar-refractivity contribution in [3.63, 3.8) is 0 Å². The van der Waals surface area contributed by atoms with Crippen molar-refractivity contribution in [2.45, 2.75) is 50.2 Å². The van der Waals surface area contributed by atoms with E-state index in [1.807, 2.05) is 0 Å². The summed E-state index contributed by atoms with van der Waals surface area (Å²) >= 11 is 0. The molecule has 0 unspecified atom stereocenters. The summed E-state index contributed by atoms with van der Waals surface area (Å²) in [4.78, 5) is 0. The Kier molecular flexibility index (Phi) is 1.67. The van der Waals surface area contributed by atoms with E-state index in [1.165, 1.54) is 0 Å². The van der Waals surface area contributed by atoms with Gasteiger partial charge in [-0.15, -0.1) is 0 Å². The molecule has 4 rings (SSSR count). The Morgan fingerprint density at radius 3 is 1.93 bits per heavy atom. The molecule has 4 aliphatic rings. The highest BCUT2D eigenvalue weighted by molar-refractivity contribution is 5.10. The topological polar surface area (TPSA) is 27.6 Å². The number of halogens is 3. The van der Waals surface area contributed by atoms with Crippen LogP contribution in [0.5, 0.6) is 0 Å². The van der Waals surface area contributed by atoms with Crippen molar-refractivity contribution in [2.75, 3.05) is 0 Å². The molecule has 3 N–H and O–H groups in total. The molecule has 0 spiro atoms. The van der Waals surface area contributed by atoms with E-state index in [9.17, 15) is 13.2 Å². The summed E-state index contributed by atoms with van der Waals surface area (Å²) in [6.45, 7) is 0. The summed E-state index contributed by atoms with van der Waals surface area (Å²) < 4.78 is 39.4. The molecule has 0 aliphatic heterocycles. The third kappa shape index (κ3) is 1.26. The summed E-state index contributed by atoms with van der Waals surface area (Å²) in [6, 6.07) is 0. The van der Waals surface area contributed by atoms with E-state index < -0.39 is 11.6 Å². The fraction of sp³-hybridized carbons (Fsp3) is 1.00. The Morgan fingerprint density at radius 2 is 1.53 bits per heavy atom. The first-order valence-electron chi connectivity index (χ1n) is 5.74. The number of hydrogen-bond donors (Lipinski definition) is 1. The molecular weight excluding hydrogens is 203 g/mol. The van der Waals surface area contributed by atoms with Gasteiger partial charge in [-0.3, -0.25) is 0 Å². The average molecular weight is 220 g/mol. The molecule has 0 aromatic heterocycles. The SMILES string of the molecule is [NH3+]C12C[C@@H]3C[C@@H](C1)CC(C(F)(F)F)(C3)C2. The van der Waals surface area contributed by atoms with Crippen LogP contribution in [0.2, 0.25) is 0 Å². The zero-order chi connectivity index (χ0) is 10.9. The third-order valence-corrected chi connectivity index (χ3v) is 4.78. The lowest BCUT2D eigenvalue weighted by Gasteiger charge is -2.59. The quantitative estimate of drug-likeness (QED) is 0.647. The van der Waals surface area contributed by atoms with Gasteiger partial charge in [0.1, 0.15) is 0 Å². The third-order valence-electron chi connectivity index (χ3n) is 4.78. The molecule has 4 bridgehead atoms. The van der Waals surface area contributed by atoms with Crippen LogP contribution in [-0.4, -0.2) is 11.7 Å². The number of rotatable bonds is 0. The van der Waals surface area contributed by atoms with Gasteiger partial charge in [0, 0.05) is 19.3 Å². The molecule has 0 heterocycles. The van der Waals surface area contributed by atoms with Crippen molar-refractivity contribution in [2.24, 2.45) is 17.3 Å². The molecule has 0 aromatic rings. The standard InChI is InChI=1S/C11H16F3N/c12-11(13,14)9-2-7-1-8(3-9)5-10(15,4-7)6-9/h7-8H,1-6,15H2/p+1/t7-,8-,9?,10?/m1/s1. The fourth-order valence-corrected chi connectivity index (χ4v) is 4.78. The summed E-state index contributed by atoms with van der Waals surface area (Å²) in [5.41, 5.74) is 2.48. The van der Waals surface area contributed by atoms with Gasteiger partial charge in [0.05, 0.1) is 11.0 Å².